The van der Waals surface area contributed by atoms with Crippen molar-refractivity contribution >= 4 is 17.7 Å². The average molecular weight is 248 g/mol. The van der Waals surface area contributed by atoms with E-state index in [0.717, 1.165) is 0 Å². The van der Waals surface area contributed by atoms with Crippen LogP contribution in [0, 0.1) is 13.8 Å². The molecule has 0 unspecified atom stereocenters. The van der Waals surface area contributed by atoms with Crippen molar-refractivity contribution in [1.29, 1.82) is 0 Å². The van der Waals surface area contributed by atoms with Gasteiger partial charge in [0.05, 0.1) is 0 Å². The number of hydrazine groups is 1. The number of anilines is 2. The molecule has 0 aliphatic heterocycles. The number of carbonyl (C=O) groups excluding carboxylic acids is 1. The van der Waals surface area contributed by atoms with Crippen molar-refractivity contribution in [3.63, 3.8) is 0 Å². The highest BCUT2D eigenvalue weighted by Gasteiger charge is 2.12. The fourth-order valence-corrected chi connectivity index (χ4v) is 1.39. The molecule has 2 aromatic rings. The van der Waals surface area contributed by atoms with Crippen LogP contribution in [0.2, 0.25) is 0 Å². The summed E-state index contributed by atoms with van der Waals surface area (Å²) in [4.78, 5) is 19.9. The van der Waals surface area contributed by atoms with E-state index in [1.165, 1.54) is 6.07 Å². The first-order valence-electron chi connectivity index (χ1n) is 5.15. The van der Waals surface area contributed by atoms with Crippen LogP contribution < -0.4 is 16.6 Å². The van der Waals surface area contributed by atoms with Crippen LogP contribution in [0.5, 0.6) is 0 Å². The van der Waals surface area contributed by atoms with E-state index in [0.29, 0.717) is 22.9 Å². The molecule has 0 aliphatic rings. The largest absolute Gasteiger partial charge is 0.328 e. The van der Waals surface area contributed by atoms with E-state index in [1.807, 2.05) is 0 Å². The number of aromatic nitrogens is 3. The first-order valence-corrected chi connectivity index (χ1v) is 5.15. The van der Waals surface area contributed by atoms with Crippen LogP contribution in [0.3, 0.4) is 0 Å². The summed E-state index contributed by atoms with van der Waals surface area (Å²) in [6.45, 7) is 3.42. The number of nitrogens with one attached hydrogen (secondary N) is 2. The molecule has 4 N–H and O–H groups in total. The molecule has 0 aliphatic carbocycles. The molecule has 8 heteroatoms. The lowest BCUT2D eigenvalue weighted by Gasteiger charge is -2.05. The highest BCUT2D eigenvalue weighted by molar-refractivity contribution is 6.03. The highest BCUT2D eigenvalue weighted by Crippen LogP contribution is 2.11. The summed E-state index contributed by atoms with van der Waals surface area (Å²) in [7, 11) is 0. The molecule has 0 aromatic carbocycles. The summed E-state index contributed by atoms with van der Waals surface area (Å²) < 4.78 is 4.79. The molecular formula is C10H12N6O2. The third kappa shape index (κ3) is 2.61. The average Bonchev–Trinajstić information content (AvgIpc) is 2.73. The smallest absolute Gasteiger partial charge is 0.315 e. The molecule has 1 amide bonds. The lowest BCUT2D eigenvalue weighted by molar-refractivity contribution is 0.102. The van der Waals surface area contributed by atoms with E-state index in [9.17, 15) is 4.79 Å². The first-order chi connectivity index (χ1) is 8.58. The van der Waals surface area contributed by atoms with Gasteiger partial charge in [-0.2, -0.15) is 4.98 Å². The van der Waals surface area contributed by atoms with Crippen LogP contribution in [0.1, 0.15) is 21.9 Å². The fraction of sp³-hybridized carbons (Fsp3) is 0.200. The third-order valence-electron chi connectivity index (χ3n) is 2.11. The van der Waals surface area contributed by atoms with Gasteiger partial charge in [-0.15, -0.1) is 0 Å². The third-order valence-corrected chi connectivity index (χ3v) is 2.11. The molecule has 0 atom stereocenters. The Bertz CT molecular complexity index is 579. The Labute approximate surface area is 103 Å². The van der Waals surface area contributed by atoms with Gasteiger partial charge in [0.2, 0.25) is 0 Å². The van der Waals surface area contributed by atoms with Crippen LogP contribution in [-0.2, 0) is 0 Å². The van der Waals surface area contributed by atoms with Gasteiger partial charge in [0.25, 0.3) is 5.91 Å². The van der Waals surface area contributed by atoms with Crippen molar-refractivity contribution in [3.8, 4) is 0 Å². The maximum atomic E-state index is 11.9. The quantitative estimate of drug-likeness (QED) is 0.538. The van der Waals surface area contributed by atoms with Gasteiger partial charge >= 0.3 is 6.01 Å². The first kappa shape index (κ1) is 12.0. The summed E-state index contributed by atoms with van der Waals surface area (Å²) >= 11 is 0. The van der Waals surface area contributed by atoms with E-state index in [-0.39, 0.29) is 11.9 Å². The van der Waals surface area contributed by atoms with Gasteiger partial charge in [-0.3, -0.25) is 10.1 Å². The van der Waals surface area contributed by atoms with Crippen molar-refractivity contribution in [3.05, 3.63) is 29.2 Å². The number of amides is 1. The van der Waals surface area contributed by atoms with Crippen LogP contribution in [-0.4, -0.2) is 21.0 Å². The van der Waals surface area contributed by atoms with Crippen LogP contribution >= 0.6 is 0 Å². The van der Waals surface area contributed by atoms with E-state index >= 15 is 0 Å². The fourth-order valence-electron chi connectivity index (χ4n) is 1.39. The SMILES string of the molecule is Cc1cc(C(=O)Nc2nc(C)no2)cc(NN)n1. The molecule has 0 bridgehead atoms. The minimum atomic E-state index is -0.374. The number of hydrogen-bond donors (Lipinski definition) is 3. The molecule has 2 heterocycles. The Morgan fingerprint density at radius 3 is 2.72 bits per heavy atom. The van der Waals surface area contributed by atoms with Gasteiger partial charge < -0.3 is 9.95 Å². The number of hydrogen-bond acceptors (Lipinski definition) is 7. The molecule has 94 valence electrons. The van der Waals surface area contributed by atoms with E-state index in [2.05, 4.69) is 25.9 Å². The molecule has 2 aromatic heterocycles. The predicted octanol–water partition coefficient (Wildman–Crippen LogP) is 0.619. The molecule has 0 saturated carbocycles. The minimum absolute atomic E-state index is 0.0502. The number of nitrogen functional groups attached to an aromatic ring is 1. The Morgan fingerprint density at radius 2 is 2.11 bits per heavy atom. The molecule has 0 saturated heterocycles. The van der Waals surface area contributed by atoms with Crippen molar-refractivity contribution in [1.82, 2.24) is 15.1 Å². The molecule has 0 spiro atoms. The molecule has 8 nitrogen and oxygen atoms in total. The summed E-state index contributed by atoms with van der Waals surface area (Å²) in [5.74, 6) is 5.73. The Hall–Kier alpha value is -2.48. The van der Waals surface area contributed by atoms with Gasteiger partial charge in [0.15, 0.2) is 5.82 Å². The number of carbonyl (C=O) groups is 1. The Kier molecular flexibility index (Phi) is 3.20. The molecule has 0 radical (unpaired) electrons. The number of pyridine rings is 1. The summed E-state index contributed by atoms with van der Waals surface area (Å²) in [6.07, 6.45) is 0. The van der Waals surface area contributed by atoms with Crippen molar-refractivity contribution in [2.45, 2.75) is 13.8 Å². The van der Waals surface area contributed by atoms with Gasteiger partial charge in [0, 0.05) is 11.3 Å². The van der Waals surface area contributed by atoms with E-state index < -0.39 is 0 Å². The van der Waals surface area contributed by atoms with Crippen molar-refractivity contribution in [2.24, 2.45) is 5.84 Å². The standard InChI is InChI=1S/C10H12N6O2/c1-5-3-7(4-8(12-5)15-11)9(17)14-10-13-6(2)16-18-10/h3-4H,11H2,1-2H3,(H,12,15)(H,13,14,16,17). The normalized spacial score (nSPS) is 10.2. The number of nitrogens with zero attached hydrogens (tertiary/aromatic N) is 3. The maximum absolute atomic E-state index is 11.9. The second-order valence-electron chi connectivity index (χ2n) is 3.63. The van der Waals surface area contributed by atoms with Gasteiger partial charge in [-0.25, -0.2) is 10.8 Å². The van der Waals surface area contributed by atoms with Crippen molar-refractivity contribution in [2.75, 3.05) is 10.7 Å². The summed E-state index contributed by atoms with van der Waals surface area (Å²) in [5, 5.41) is 6.05. The van der Waals surface area contributed by atoms with Gasteiger partial charge in [0.1, 0.15) is 5.82 Å². The molecule has 0 fully saturated rings. The summed E-state index contributed by atoms with van der Waals surface area (Å²) in [5.41, 5.74) is 3.45. The van der Waals surface area contributed by atoms with Gasteiger partial charge in [-0.05, 0) is 26.0 Å². The van der Waals surface area contributed by atoms with Crippen LogP contribution in [0.15, 0.2) is 16.7 Å². The molecule has 2 rings (SSSR count). The summed E-state index contributed by atoms with van der Waals surface area (Å²) in [6, 6.07) is 3.19. The van der Waals surface area contributed by atoms with Crippen LogP contribution in [0.4, 0.5) is 11.8 Å². The van der Waals surface area contributed by atoms with E-state index in [4.69, 9.17) is 10.4 Å². The monoisotopic (exact) mass is 248 g/mol. The number of rotatable bonds is 3. The zero-order valence-electron chi connectivity index (χ0n) is 9.89. The molecular weight excluding hydrogens is 236 g/mol. The Morgan fingerprint density at radius 1 is 1.33 bits per heavy atom. The lowest BCUT2D eigenvalue weighted by Crippen LogP contribution is -2.15. The van der Waals surface area contributed by atoms with Crippen molar-refractivity contribution < 1.29 is 9.32 Å². The Balaban J connectivity index is 2.20. The zero-order chi connectivity index (χ0) is 13.1. The number of aryl methyl sites for hydroxylation is 2. The lowest BCUT2D eigenvalue weighted by atomic mass is 10.2. The minimum Gasteiger partial charge on any atom is -0.315 e. The predicted molar refractivity (Wildman–Crippen MR) is 63.8 cm³/mol. The molecule has 18 heavy (non-hydrogen) atoms. The number of nitrogens with two attached hydrogens (primary N) is 1. The van der Waals surface area contributed by atoms with E-state index in [1.54, 1.807) is 19.9 Å². The highest BCUT2D eigenvalue weighted by atomic mass is 16.5. The second kappa shape index (κ2) is 4.80. The zero-order valence-corrected chi connectivity index (χ0v) is 9.89. The van der Waals surface area contributed by atoms with Gasteiger partial charge in [-0.1, -0.05) is 5.16 Å². The van der Waals surface area contributed by atoms with Crippen LogP contribution in [0.25, 0.3) is 0 Å². The second-order valence-corrected chi connectivity index (χ2v) is 3.63. The maximum Gasteiger partial charge on any atom is 0.328 e. The topological polar surface area (TPSA) is 119 Å².